The Morgan fingerprint density at radius 1 is 0.852 bits per heavy atom. The van der Waals surface area contributed by atoms with Crippen molar-refractivity contribution in [1.82, 2.24) is 4.31 Å². The summed E-state index contributed by atoms with van der Waals surface area (Å²) in [6.07, 6.45) is 2.59. The van der Waals surface area contributed by atoms with Crippen molar-refractivity contribution < 1.29 is 25.6 Å². The summed E-state index contributed by atoms with van der Waals surface area (Å²) in [5.41, 5.74) is 0.0382. The van der Waals surface area contributed by atoms with Crippen LogP contribution < -0.4 is 4.72 Å². The number of hydrogen-bond acceptors (Lipinski definition) is 4. The largest absolute Gasteiger partial charge is 0.280 e. The minimum Gasteiger partial charge on any atom is -0.280 e. The van der Waals surface area contributed by atoms with Gasteiger partial charge in [0.25, 0.3) is 10.0 Å². The number of halogens is 2. The Balaban J connectivity index is 1.82. The zero-order chi connectivity index (χ0) is 19.7. The first-order valence-electron chi connectivity index (χ1n) is 8.28. The van der Waals surface area contributed by atoms with Crippen LogP contribution in [0.25, 0.3) is 0 Å². The van der Waals surface area contributed by atoms with Gasteiger partial charge in [-0.05, 0) is 55.3 Å². The van der Waals surface area contributed by atoms with Crippen LogP contribution in [0, 0.1) is 11.6 Å². The molecule has 0 atom stereocenters. The molecule has 0 spiro atoms. The fourth-order valence-electron chi connectivity index (χ4n) is 2.84. The maximum Gasteiger partial charge on any atom is 0.264 e. The Morgan fingerprint density at radius 3 is 2.11 bits per heavy atom. The Kier molecular flexibility index (Phi) is 5.50. The highest BCUT2D eigenvalue weighted by Crippen LogP contribution is 2.24. The Labute approximate surface area is 156 Å². The number of nitrogens with one attached hydrogen (secondary N) is 1. The molecule has 1 aliphatic rings. The van der Waals surface area contributed by atoms with Gasteiger partial charge >= 0.3 is 0 Å². The van der Waals surface area contributed by atoms with Crippen LogP contribution in [0.4, 0.5) is 14.5 Å². The highest BCUT2D eigenvalue weighted by molar-refractivity contribution is 7.92. The summed E-state index contributed by atoms with van der Waals surface area (Å²) >= 11 is 0. The molecule has 0 saturated carbocycles. The number of piperidine rings is 1. The van der Waals surface area contributed by atoms with Crippen molar-refractivity contribution in [2.24, 2.45) is 0 Å². The lowest BCUT2D eigenvalue weighted by molar-refractivity contribution is 0.346. The second kappa shape index (κ2) is 7.53. The molecule has 0 unspecified atom stereocenters. The molecule has 0 amide bonds. The summed E-state index contributed by atoms with van der Waals surface area (Å²) in [4.78, 5) is -0.781. The first-order chi connectivity index (χ1) is 12.7. The SMILES string of the molecule is O=S(=O)(Nc1ccc(S(=O)(=O)N2CCCCC2)cc1)c1cc(F)ccc1F. The van der Waals surface area contributed by atoms with Crippen molar-refractivity contribution in [1.29, 1.82) is 0 Å². The van der Waals surface area contributed by atoms with E-state index in [0.29, 0.717) is 19.2 Å². The van der Waals surface area contributed by atoms with Crippen molar-refractivity contribution in [3.05, 3.63) is 54.1 Å². The molecule has 3 rings (SSSR count). The Morgan fingerprint density at radius 2 is 1.48 bits per heavy atom. The Bertz CT molecular complexity index is 1030. The van der Waals surface area contributed by atoms with Gasteiger partial charge in [-0.1, -0.05) is 6.42 Å². The van der Waals surface area contributed by atoms with E-state index in [2.05, 4.69) is 4.72 Å². The zero-order valence-electron chi connectivity index (χ0n) is 14.2. The zero-order valence-corrected chi connectivity index (χ0v) is 15.9. The third kappa shape index (κ3) is 4.28. The number of sulfonamides is 2. The van der Waals surface area contributed by atoms with E-state index in [1.807, 2.05) is 0 Å². The van der Waals surface area contributed by atoms with Crippen LogP contribution in [0.2, 0.25) is 0 Å². The van der Waals surface area contributed by atoms with Gasteiger partial charge in [-0.2, -0.15) is 4.31 Å². The quantitative estimate of drug-likeness (QED) is 0.812. The highest BCUT2D eigenvalue weighted by Gasteiger charge is 2.26. The second-order valence-corrected chi connectivity index (χ2v) is 9.76. The Hall–Kier alpha value is -2.04. The van der Waals surface area contributed by atoms with E-state index in [1.54, 1.807) is 0 Å². The number of anilines is 1. The van der Waals surface area contributed by atoms with Crippen LogP contribution in [0.15, 0.2) is 52.3 Å². The summed E-state index contributed by atoms with van der Waals surface area (Å²) in [5.74, 6) is -1.98. The van der Waals surface area contributed by atoms with Gasteiger partial charge in [-0.15, -0.1) is 0 Å². The topological polar surface area (TPSA) is 83.5 Å². The average molecular weight is 416 g/mol. The summed E-state index contributed by atoms with van der Waals surface area (Å²) in [6, 6.07) is 7.21. The molecular weight excluding hydrogens is 398 g/mol. The molecule has 1 saturated heterocycles. The van der Waals surface area contributed by atoms with Crippen molar-refractivity contribution >= 4 is 25.7 Å². The van der Waals surface area contributed by atoms with Crippen LogP contribution in [-0.4, -0.2) is 34.2 Å². The van der Waals surface area contributed by atoms with Crippen molar-refractivity contribution in [2.75, 3.05) is 17.8 Å². The molecule has 0 bridgehead atoms. The van der Waals surface area contributed by atoms with Gasteiger partial charge in [0.2, 0.25) is 10.0 Å². The summed E-state index contributed by atoms with van der Waals surface area (Å²) in [6.45, 7) is 0.908. The number of rotatable bonds is 5. The molecule has 6 nitrogen and oxygen atoms in total. The number of benzene rings is 2. The van der Waals surface area contributed by atoms with Crippen LogP contribution in [0.1, 0.15) is 19.3 Å². The molecular formula is C17H18F2N2O4S2. The molecule has 0 aromatic heterocycles. The molecule has 0 aliphatic carbocycles. The summed E-state index contributed by atoms with van der Waals surface area (Å²) in [5, 5.41) is 0. The smallest absolute Gasteiger partial charge is 0.264 e. The first-order valence-corrected chi connectivity index (χ1v) is 11.2. The average Bonchev–Trinajstić information content (AvgIpc) is 2.64. The van der Waals surface area contributed by atoms with E-state index in [-0.39, 0.29) is 10.6 Å². The maximum atomic E-state index is 13.7. The van der Waals surface area contributed by atoms with Gasteiger partial charge < -0.3 is 0 Å². The van der Waals surface area contributed by atoms with Gasteiger partial charge in [0.1, 0.15) is 16.5 Å². The number of nitrogens with zero attached hydrogens (tertiary/aromatic N) is 1. The van der Waals surface area contributed by atoms with Crippen molar-refractivity contribution in [2.45, 2.75) is 29.1 Å². The monoisotopic (exact) mass is 416 g/mol. The predicted molar refractivity (Wildman–Crippen MR) is 96.2 cm³/mol. The molecule has 1 aliphatic heterocycles. The van der Waals surface area contributed by atoms with E-state index in [9.17, 15) is 25.6 Å². The minimum absolute atomic E-state index is 0.0382. The van der Waals surface area contributed by atoms with Gasteiger partial charge in [-0.25, -0.2) is 25.6 Å². The molecule has 1 N–H and O–H groups in total. The predicted octanol–water partition coefficient (Wildman–Crippen LogP) is 2.94. The molecule has 0 radical (unpaired) electrons. The summed E-state index contributed by atoms with van der Waals surface area (Å²) < 4.78 is 80.2. The first kappa shape index (κ1) is 19.7. The van der Waals surface area contributed by atoms with E-state index in [4.69, 9.17) is 0 Å². The lowest BCUT2D eigenvalue weighted by Crippen LogP contribution is -2.35. The van der Waals surface area contributed by atoms with Crippen molar-refractivity contribution in [3.8, 4) is 0 Å². The molecule has 10 heteroatoms. The van der Waals surface area contributed by atoms with Gasteiger partial charge in [0.15, 0.2) is 0 Å². The standard InChI is InChI=1S/C17H18F2N2O4S2/c18-13-4-9-16(19)17(12-13)26(22,23)20-14-5-7-15(8-6-14)27(24,25)21-10-2-1-3-11-21/h4-9,12,20H,1-3,10-11H2. The van der Waals surface area contributed by atoms with Crippen LogP contribution in [0.5, 0.6) is 0 Å². The molecule has 1 heterocycles. The number of hydrogen-bond donors (Lipinski definition) is 1. The highest BCUT2D eigenvalue weighted by atomic mass is 32.2. The van der Waals surface area contributed by atoms with Crippen LogP contribution >= 0.6 is 0 Å². The van der Waals surface area contributed by atoms with Crippen LogP contribution in [-0.2, 0) is 20.0 Å². The van der Waals surface area contributed by atoms with Gasteiger partial charge in [0, 0.05) is 18.8 Å². The fraction of sp³-hybridized carbons (Fsp3) is 0.294. The molecule has 1 fully saturated rings. The van der Waals surface area contributed by atoms with Gasteiger partial charge in [0.05, 0.1) is 4.90 Å². The minimum atomic E-state index is -4.36. The van der Waals surface area contributed by atoms with E-state index in [0.717, 1.165) is 31.4 Å². The van der Waals surface area contributed by atoms with Crippen LogP contribution in [0.3, 0.4) is 0 Å². The molecule has 27 heavy (non-hydrogen) atoms. The lowest BCUT2D eigenvalue weighted by Gasteiger charge is -2.25. The van der Waals surface area contributed by atoms with Crippen molar-refractivity contribution in [3.63, 3.8) is 0 Å². The summed E-state index contributed by atoms with van der Waals surface area (Å²) in [7, 11) is -8.00. The third-order valence-corrected chi connectivity index (χ3v) is 7.55. The molecule has 2 aromatic carbocycles. The van der Waals surface area contributed by atoms with Gasteiger partial charge in [-0.3, -0.25) is 4.72 Å². The third-order valence-electron chi connectivity index (χ3n) is 4.24. The second-order valence-electron chi connectivity index (χ2n) is 6.17. The molecule has 2 aromatic rings. The lowest BCUT2D eigenvalue weighted by atomic mass is 10.2. The van der Waals surface area contributed by atoms with E-state index < -0.39 is 36.6 Å². The fourth-order valence-corrected chi connectivity index (χ4v) is 5.51. The van der Waals surface area contributed by atoms with E-state index in [1.165, 1.54) is 28.6 Å². The molecule has 146 valence electrons. The van der Waals surface area contributed by atoms with E-state index >= 15 is 0 Å². The maximum absolute atomic E-state index is 13.7. The normalized spacial score (nSPS) is 16.2.